The average molecular weight is 228 g/mol. The number of aromatic nitrogens is 1. The average Bonchev–Trinajstić information content (AvgIpc) is 2.66. The summed E-state index contributed by atoms with van der Waals surface area (Å²) in [7, 11) is 0. The number of carbonyl (C=O) groups is 1. The van der Waals surface area contributed by atoms with E-state index in [2.05, 4.69) is 10.3 Å². The molecule has 4 nitrogen and oxygen atoms in total. The molecule has 1 aromatic rings. The molecular weight excluding hydrogens is 212 g/mol. The molecule has 84 valence electrons. The standard InChI is InChI=1S/C10H16N2O2S/c1-7(2)6-12-10(3,9(13)14)8-11-4-5-15-8/h4-5,7,12H,6H2,1-3H3,(H,13,14). The zero-order valence-corrected chi connectivity index (χ0v) is 9.97. The van der Waals surface area contributed by atoms with Crippen LogP contribution in [0.15, 0.2) is 11.6 Å². The third kappa shape index (κ3) is 2.76. The Morgan fingerprint density at radius 2 is 2.40 bits per heavy atom. The molecule has 0 saturated carbocycles. The van der Waals surface area contributed by atoms with Gasteiger partial charge < -0.3 is 5.11 Å². The van der Waals surface area contributed by atoms with E-state index in [1.54, 1.807) is 18.5 Å². The summed E-state index contributed by atoms with van der Waals surface area (Å²) in [6, 6.07) is 0. The van der Waals surface area contributed by atoms with Crippen LogP contribution in [0.1, 0.15) is 25.8 Å². The van der Waals surface area contributed by atoms with Crippen molar-refractivity contribution in [3.05, 3.63) is 16.6 Å². The molecule has 0 aromatic carbocycles. The van der Waals surface area contributed by atoms with Gasteiger partial charge in [-0.15, -0.1) is 11.3 Å². The molecule has 0 saturated heterocycles. The molecule has 0 bridgehead atoms. The highest BCUT2D eigenvalue weighted by Gasteiger charge is 2.37. The molecule has 1 aromatic heterocycles. The van der Waals surface area contributed by atoms with Crippen molar-refractivity contribution in [1.29, 1.82) is 0 Å². The molecule has 0 spiro atoms. The van der Waals surface area contributed by atoms with Crippen LogP contribution in [0.25, 0.3) is 0 Å². The van der Waals surface area contributed by atoms with E-state index in [9.17, 15) is 9.90 Å². The Morgan fingerprint density at radius 3 is 2.80 bits per heavy atom. The first kappa shape index (κ1) is 12.1. The molecule has 0 amide bonds. The fourth-order valence-electron chi connectivity index (χ4n) is 1.12. The van der Waals surface area contributed by atoms with Crippen LogP contribution in [-0.4, -0.2) is 22.6 Å². The van der Waals surface area contributed by atoms with Crippen molar-refractivity contribution in [3.8, 4) is 0 Å². The molecule has 5 heteroatoms. The first-order valence-corrected chi connectivity index (χ1v) is 5.73. The van der Waals surface area contributed by atoms with Gasteiger partial charge in [-0.3, -0.25) is 5.32 Å². The van der Waals surface area contributed by atoms with Gasteiger partial charge in [0.2, 0.25) is 0 Å². The number of carboxylic acids is 1. The maximum atomic E-state index is 11.2. The minimum atomic E-state index is -1.07. The van der Waals surface area contributed by atoms with Gasteiger partial charge in [-0.05, 0) is 19.4 Å². The van der Waals surface area contributed by atoms with Crippen LogP contribution in [0.3, 0.4) is 0 Å². The van der Waals surface area contributed by atoms with Crippen molar-refractivity contribution in [3.63, 3.8) is 0 Å². The van der Waals surface area contributed by atoms with Crippen molar-refractivity contribution >= 4 is 17.3 Å². The van der Waals surface area contributed by atoms with Crippen molar-refractivity contribution in [2.75, 3.05) is 6.54 Å². The highest BCUT2D eigenvalue weighted by atomic mass is 32.1. The van der Waals surface area contributed by atoms with Crippen LogP contribution in [0.2, 0.25) is 0 Å². The number of nitrogens with one attached hydrogen (secondary N) is 1. The van der Waals surface area contributed by atoms with Crippen molar-refractivity contribution < 1.29 is 9.90 Å². The number of carboxylic acid groups (broad SMARTS) is 1. The SMILES string of the molecule is CC(C)CNC(C)(C(=O)O)c1nccs1. The summed E-state index contributed by atoms with van der Waals surface area (Å²) < 4.78 is 0. The second-order valence-electron chi connectivity index (χ2n) is 4.04. The highest BCUT2D eigenvalue weighted by Crippen LogP contribution is 2.23. The fourth-order valence-corrected chi connectivity index (χ4v) is 1.89. The number of thiazole rings is 1. The lowest BCUT2D eigenvalue weighted by atomic mass is 10.0. The van der Waals surface area contributed by atoms with Gasteiger partial charge in [-0.1, -0.05) is 13.8 Å². The molecule has 1 unspecified atom stereocenters. The number of hydrogen-bond acceptors (Lipinski definition) is 4. The lowest BCUT2D eigenvalue weighted by Gasteiger charge is -2.25. The zero-order chi connectivity index (χ0) is 11.5. The van der Waals surface area contributed by atoms with Gasteiger partial charge in [0.05, 0.1) is 0 Å². The molecule has 15 heavy (non-hydrogen) atoms. The van der Waals surface area contributed by atoms with Crippen LogP contribution < -0.4 is 5.32 Å². The van der Waals surface area contributed by atoms with E-state index >= 15 is 0 Å². The second-order valence-corrected chi connectivity index (χ2v) is 4.94. The first-order chi connectivity index (χ1) is 6.97. The Morgan fingerprint density at radius 1 is 1.73 bits per heavy atom. The van der Waals surface area contributed by atoms with Gasteiger partial charge in [-0.25, -0.2) is 9.78 Å². The zero-order valence-electron chi connectivity index (χ0n) is 9.15. The number of rotatable bonds is 5. The van der Waals surface area contributed by atoms with Crippen molar-refractivity contribution in [2.24, 2.45) is 5.92 Å². The summed E-state index contributed by atoms with van der Waals surface area (Å²) >= 11 is 1.36. The number of nitrogens with zero attached hydrogens (tertiary/aromatic N) is 1. The first-order valence-electron chi connectivity index (χ1n) is 4.85. The molecule has 1 heterocycles. The lowest BCUT2D eigenvalue weighted by molar-refractivity contribution is -0.144. The minimum Gasteiger partial charge on any atom is -0.480 e. The molecule has 0 aliphatic heterocycles. The molecule has 0 aliphatic rings. The summed E-state index contributed by atoms with van der Waals surface area (Å²) in [5.41, 5.74) is -1.07. The van der Waals surface area contributed by atoms with Gasteiger partial charge in [0.1, 0.15) is 5.01 Å². The minimum absolute atomic E-state index is 0.406. The summed E-state index contributed by atoms with van der Waals surface area (Å²) in [5.74, 6) is -0.485. The monoisotopic (exact) mass is 228 g/mol. The summed E-state index contributed by atoms with van der Waals surface area (Å²) in [6.45, 7) is 6.38. The largest absolute Gasteiger partial charge is 0.480 e. The topological polar surface area (TPSA) is 62.2 Å². The molecule has 2 N–H and O–H groups in total. The lowest BCUT2D eigenvalue weighted by Crippen LogP contribution is -2.47. The van der Waals surface area contributed by atoms with Crippen LogP contribution >= 0.6 is 11.3 Å². The Balaban J connectivity index is 2.85. The van der Waals surface area contributed by atoms with E-state index in [-0.39, 0.29) is 0 Å². The Labute approximate surface area is 93.4 Å². The predicted molar refractivity (Wildman–Crippen MR) is 59.9 cm³/mol. The molecule has 1 rings (SSSR count). The highest BCUT2D eigenvalue weighted by molar-refractivity contribution is 7.09. The second kappa shape index (κ2) is 4.72. The molecule has 1 atom stereocenters. The Bertz CT molecular complexity index is 324. The van der Waals surface area contributed by atoms with Crippen molar-refractivity contribution in [2.45, 2.75) is 26.3 Å². The smallest absolute Gasteiger partial charge is 0.330 e. The Hall–Kier alpha value is -0.940. The molecule has 0 aliphatic carbocycles. The predicted octanol–water partition coefficient (Wildman–Crippen LogP) is 1.69. The summed E-state index contributed by atoms with van der Waals surface area (Å²) in [5, 5.41) is 14.6. The van der Waals surface area contributed by atoms with Crippen LogP contribution in [0, 0.1) is 5.92 Å². The quantitative estimate of drug-likeness (QED) is 0.805. The van der Waals surface area contributed by atoms with Crippen molar-refractivity contribution in [1.82, 2.24) is 10.3 Å². The third-order valence-electron chi connectivity index (χ3n) is 2.15. The van der Waals surface area contributed by atoms with Gasteiger partial charge in [0.25, 0.3) is 0 Å². The van der Waals surface area contributed by atoms with E-state index in [0.29, 0.717) is 17.5 Å². The van der Waals surface area contributed by atoms with Gasteiger partial charge in [-0.2, -0.15) is 0 Å². The number of aliphatic carboxylic acids is 1. The molecule has 0 fully saturated rings. The van der Waals surface area contributed by atoms with E-state index in [4.69, 9.17) is 0 Å². The summed E-state index contributed by atoms with van der Waals surface area (Å²) in [6.07, 6.45) is 1.62. The van der Waals surface area contributed by atoms with Gasteiger partial charge in [0, 0.05) is 11.6 Å². The fraction of sp³-hybridized carbons (Fsp3) is 0.600. The van der Waals surface area contributed by atoms with E-state index in [1.807, 2.05) is 13.8 Å². The molecule has 0 radical (unpaired) electrons. The normalized spacial score (nSPS) is 15.2. The van der Waals surface area contributed by atoms with Gasteiger partial charge in [0.15, 0.2) is 5.54 Å². The van der Waals surface area contributed by atoms with E-state index < -0.39 is 11.5 Å². The third-order valence-corrected chi connectivity index (χ3v) is 3.15. The Kier molecular flexibility index (Phi) is 3.82. The van der Waals surface area contributed by atoms with Crippen LogP contribution in [0.5, 0.6) is 0 Å². The van der Waals surface area contributed by atoms with Crippen LogP contribution in [0.4, 0.5) is 0 Å². The maximum Gasteiger partial charge on any atom is 0.330 e. The maximum absolute atomic E-state index is 11.2. The van der Waals surface area contributed by atoms with Crippen LogP contribution in [-0.2, 0) is 10.3 Å². The molecular formula is C10H16N2O2S. The van der Waals surface area contributed by atoms with E-state index in [0.717, 1.165) is 0 Å². The van der Waals surface area contributed by atoms with E-state index in [1.165, 1.54) is 11.3 Å². The summed E-state index contributed by atoms with van der Waals surface area (Å²) in [4.78, 5) is 15.3. The number of hydrogen-bond donors (Lipinski definition) is 2. The van der Waals surface area contributed by atoms with Gasteiger partial charge >= 0.3 is 5.97 Å².